The molecule has 190 valence electrons. The monoisotopic (exact) mass is 485 g/mol. The molecular formula is C25H35N5O5. The highest BCUT2D eigenvalue weighted by Gasteiger charge is 2.30. The summed E-state index contributed by atoms with van der Waals surface area (Å²) in [7, 11) is 1.76. The summed E-state index contributed by atoms with van der Waals surface area (Å²) in [5.74, 6) is 0.564. The van der Waals surface area contributed by atoms with E-state index in [0.29, 0.717) is 59.7 Å². The molecule has 2 fully saturated rings. The van der Waals surface area contributed by atoms with Gasteiger partial charge in [-0.15, -0.1) is 5.10 Å². The molecule has 0 bridgehead atoms. The van der Waals surface area contributed by atoms with Crippen molar-refractivity contribution in [2.45, 2.75) is 65.6 Å². The lowest BCUT2D eigenvalue weighted by Gasteiger charge is -2.27. The zero-order valence-corrected chi connectivity index (χ0v) is 20.9. The van der Waals surface area contributed by atoms with E-state index in [4.69, 9.17) is 9.47 Å². The Hall–Kier alpha value is -3.17. The maximum atomic E-state index is 12.6. The van der Waals surface area contributed by atoms with Gasteiger partial charge in [-0.25, -0.2) is 14.5 Å². The molecule has 1 saturated heterocycles. The van der Waals surface area contributed by atoms with Gasteiger partial charge in [0.15, 0.2) is 0 Å². The minimum atomic E-state index is -0.760. The van der Waals surface area contributed by atoms with Crippen LogP contribution in [0.15, 0.2) is 12.1 Å². The predicted molar refractivity (Wildman–Crippen MR) is 128 cm³/mol. The van der Waals surface area contributed by atoms with E-state index in [-0.39, 0.29) is 24.7 Å². The van der Waals surface area contributed by atoms with Crippen LogP contribution in [0.4, 0.5) is 4.79 Å². The summed E-state index contributed by atoms with van der Waals surface area (Å²) >= 11 is 0. The number of carbonyl (C=O) groups excluding carboxylic acids is 1. The Bertz CT molecular complexity index is 1070. The fourth-order valence-electron chi connectivity index (χ4n) is 4.92. The van der Waals surface area contributed by atoms with E-state index < -0.39 is 5.97 Å². The summed E-state index contributed by atoms with van der Waals surface area (Å²) in [6, 6.07) is 3.64. The number of likely N-dealkylation sites (tertiary alicyclic amines) is 1. The summed E-state index contributed by atoms with van der Waals surface area (Å²) < 4.78 is 13.3. The standard InChI is InChI=1S/C25H35N5O5/c1-15(2)18-10-11-30(13-18)25(33)34-14-21-23(27-28-29(21)4)20-8-9-22(16(3)26-20)35-19-7-5-6-17(12-19)24(31)32/h8-9,15,17-19H,5-7,10-14H2,1-4H3,(H,31,32)/t17-,18?,19-/m0/s1. The zero-order valence-electron chi connectivity index (χ0n) is 20.9. The van der Waals surface area contributed by atoms with Gasteiger partial charge in [0.25, 0.3) is 0 Å². The van der Waals surface area contributed by atoms with E-state index in [0.717, 1.165) is 25.8 Å². The van der Waals surface area contributed by atoms with Crippen molar-refractivity contribution in [1.29, 1.82) is 0 Å². The first-order valence-electron chi connectivity index (χ1n) is 12.4. The van der Waals surface area contributed by atoms with Gasteiger partial charge in [0.2, 0.25) is 0 Å². The van der Waals surface area contributed by atoms with Crippen molar-refractivity contribution < 1.29 is 24.2 Å². The lowest BCUT2D eigenvalue weighted by Crippen LogP contribution is -2.30. The smallest absolute Gasteiger partial charge is 0.410 e. The summed E-state index contributed by atoms with van der Waals surface area (Å²) in [6.07, 6.45) is 3.42. The highest BCUT2D eigenvalue weighted by Crippen LogP contribution is 2.31. The first kappa shape index (κ1) is 24.9. The number of carboxylic acid groups (broad SMARTS) is 1. The quantitative estimate of drug-likeness (QED) is 0.628. The van der Waals surface area contributed by atoms with Gasteiger partial charge in [-0.1, -0.05) is 19.1 Å². The number of carbonyl (C=O) groups is 2. The van der Waals surface area contributed by atoms with Crippen LogP contribution in [-0.4, -0.2) is 61.2 Å². The molecular weight excluding hydrogens is 450 g/mol. The molecule has 0 aromatic carbocycles. The molecule has 1 aliphatic carbocycles. The number of aliphatic carboxylic acids is 1. The Morgan fingerprint density at radius 3 is 2.71 bits per heavy atom. The molecule has 10 nitrogen and oxygen atoms in total. The summed E-state index contributed by atoms with van der Waals surface area (Å²) in [5.41, 5.74) is 2.52. The fraction of sp³-hybridized carbons (Fsp3) is 0.640. The Balaban J connectivity index is 1.41. The number of aryl methyl sites for hydroxylation is 2. The molecule has 0 spiro atoms. The van der Waals surface area contributed by atoms with Gasteiger partial charge in [0.1, 0.15) is 23.7 Å². The van der Waals surface area contributed by atoms with E-state index >= 15 is 0 Å². The number of rotatable bonds is 7. The number of aromatic nitrogens is 4. The molecule has 1 unspecified atom stereocenters. The van der Waals surface area contributed by atoms with Crippen LogP contribution in [0.5, 0.6) is 5.75 Å². The molecule has 4 rings (SSSR count). The number of amides is 1. The third kappa shape index (κ3) is 5.74. The molecule has 3 atom stereocenters. The van der Waals surface area contributed by atoms with Gasteiger partial charge in [-0.3, -0.25) is 4.79 Å². The van der Waals surface area contributed by atoms with Crippen molar-refractivity contribution in [3.05, 3.63) is 23.5 Å². The lowest BCUT2D eigenvalue weighted by atomic mass is 9.87. The molecule has 10 heteroatoms. The van der Waals surface area contributed by atoms with Gasteiger partial charge in [0, 0.05) is 20.1 Å². The summed E-state index contributed by atoms with van der Waals surface area (Å²) in [6.45, 7) is 7.71. The predicted octanol–water partition coefficient (Wildman–Crippen LogP) is 3.82. The number of hydrogen-bond acceptors (Lipinski definition) is 7. The van der Waals surface area contributed by atoms with Crippen LogP contribution >= 0.6 is 0 Å². The van der Waals surface area contributed by atoms with Crippen molar-refractivity contribution in [2.24, 2.45) is 24.8 Å². The largest absolute Gasteiger partial charge is 0.489 e. The fourth-order valence-corrected chi connectivity index (χ4v) is 4.92. The van der Waals surface area contributed by atoms with E-state index in [2.05, 4.69) is 29.1 Å². The van der Waals surface area contributed by atoms with Crippen LogP contribution in [0.2, 0.25) is 0 Å². The molecule has 35 heavy (non-hydrogen) atoms. The van der Waals surface area contributed by atoms with Crippen LogP contribution in [0.1, 0.15) is 57.3 Å². The van der Waals surface area contributed by atoms with Gasteiger partial charge >= 0.3 is 12.1 Å². The second-order valence-electron chi connectivity index (χ2n) is 10.0. The molecule has 2 aromatic rings. The summed E-state index contributed by atoms with van der Waals surface area (Å²) in [5, 5.41) is 17.7. The van der Waals surface area contributed by atoms with Crippen molar-refractivity contribution >= 4 is 12.1 Å². The Labute approximate surface area is 205 Å². The number of carboxylic acids is 1. The molecule has 2 aromatic heterocycles. The third-order valence-electron chi connectivity index (χ3n) is 7.25. The maximum Gasteiger partial charge on any atom is 0.410 e. The van der Waals surface area contributed by atoms with E-state index in [1.165, 1.54) is 0 Å². The Morgan fingerprint density at radius 1 is 1.23 bits per heavy atom. The van der Waals surface area contributed by atoms with Gasteiger partial charge in [0.05, 0.1) is 23.4 Å². The van der Waals surface area contributed by atoms with Gasteiger partial charge < -0.3 is 19.5 Å². The molecule has 1 saturated carbocycles. The summed E-state index contributed by atoms with van der Waals surface area (Å²) in [4.78, 5) is 30.4. The van der Waals surface area contributed by atoms with Crippen LogP contribution in [0.25, 0.3) is 11.4 Å². The first-order chi connectivity index (χ1) is 16.7. The molecule has 1 aliphatic heterocycles. The number of pyridine rings is 1. The lowest BCUT2D eigenvalue weighted by molar-refractivity contribution is -0.143. The Kier molecular flexibility index (Phi) is 7.57. The minimum Gasteiger partial charge on any atom is -0.489 e. The molecule has 2 aliphatic rings. The topological polar surface area (TPSA) is 120 Å². The molecule has 1 N–H and O–H groups in total. The first-order valence-corrected chi connectivity index (χ1v) is 12.4. The van der Waals surface area contributed by atoms with Crippen molar-refractivity contribution in [3.8, 4) is 17.1 Å². The van der Waals surface area contributed by atoms with Crippen LogP contribution in [-0.2, 0) is 23.2 Å². The number of hydrogen-bond donors (Lipinski definition) is 1. The van der Waals surface area contributed by atoms with Crippen molar-refractivity contribution in [2.75, 3.05) is 13.1 Å². The van der Waals surface area contributed by atoms with Gasteiger partial charge in [-0.05, 0) is 63.0 Å². The Morgan fingerprint density at radius 2 is 2.03 bits per heavy atom. The van der Waals surface area contributed by atoms with Crippen molar-refractivity contribution in [3.63, 3.8) is 0 Å². The second-order valence-corrected chi connectivity index (χ2v) is 10.0. The van der Waals surface area contributed by atoms with Crippen molar-refractivity contribution in [1.82, 2.24) is 24.9 Å². The molecule has 3 heterocycles. The van der Waals surface area contributed by atoms with E-state index in [9.17, 15) is 14.7 Å². The molecule has 0 radical (unpaired) electrons. The minimum absolute atomic E-state index is 0.0537. The average Bonchev–Trinajstić information content (AvgIpc) is 3.46. The third-order valence-corrected chi connectivity index (χ3v) is 7.25. The molecule has 1 amide bonds. The van der Waals surface area contributed by atoms with Crippen LogP contribution in [0, 0.1) is 24.7 Å². The number of nitrogens with zero attached hydrogens (tertiary/aromatic N) is 5. The number of ether oxygens (including phenoxy) is 2. The highest BCUT2D eigenvalue weighted by atomic mass is 16.6. The SMILES string of the molecule is Cc1nc(-c2nnn(C)c2COC(=O)N2CCC(C(C)C)C2)ccc1O[C@H]1CCC[C@H](C(=O)O)C1. The highest BCUT2D eigenvalue weighted by molar-refractivity contribution is 5.70. The normalized spacial score (nSPS) is 22.4. The zero-order chi connectivity index (χ0) is 25.1. The van der Waals surface area contributed by atoms with E-state index in [1.807, 2.05) is 19.1 Å². The second kappa shape index (κ2) is 10.6. The van der Waals surface area contributed by atoms with Crippen LogP contribution in [0.3, 0.4) is 0 Å². The maximum absolute atomic E-state index is 12.6. The van der Waals surface area contributed by atoms with Crippen LogP contribution < -0.4 is 4.74 Å². The average molecular weight is 486 g/mol. The van der Waals surface area contributed by atoms with E-state index in [1.54, 1.807) is 16.6 Å². The van der Waals surface area contributed by atoms with Gasteiger partial charge in [-0.2, -0.15) is 0 Å².